The fraction of sp³-hybridized carbons (Fsp3) is 0.143. The number of fused-ring (bicyclic) bond motifs is 1. The van der Waals surface area contributed by atoms with Gasteiger partial charge < -0.3 is 22.9 Å². The van der Waals surface area contributed by atoms with Crippen LogP contribution in [0.3, 0.4) is 0 Å². The predicted octanol–water partition coefficient (Wildman–Crippen LogP) is 2.06. The van der Waals surface area contributed by atoms with E-state index in [2.05, 4.69) is 19.9 Å². The van der Waals surface area contributed by atoms with E-state index in [0.717, 1.165) is 6.42 Å². The number of benzene rings is 1. The Bertz CT molecular complexity index is 1390. The molecule has 0 saturated heterocycles. The van der Waals surface area contributed by atoms with E-state index in [9.17, 15) is 4.79 Å². The maximum atomic E-state index is 12.9. The fourth-order valence-corrected chi connectivity index (χ4v) is 3.30. The molecule has 0 radical (unpaired) electrons. The summed E-state index contributed by atoms with van der Waals surface area (Å²) >= 11 is 6.19. The lowest BCUT2D eigenvalue weighted by Crippen LogP contribution is -2.24. The normalized spacial score (nSPS) is 10.3. The maximum absolute atomic E-state index is 12.9. The smallest absolute Gasteiger partial charge is 0.267 e. The van der Waals surface area contributed by atoms with E-state index in [1.807, 2.05) is 6.92 Å². The highest BCUT2D eigenvalue weighted by atomic mass is 35.5. The average molecular weight is 465 g/mol. The zero-order valence-electron chi connectivity index (χ0n) is 17.7. The van der Waals surface area contributed by atoms with Crippen molar-refractivity contribution in [3.63, 3.8) is 0 Å². The zero-order valence-corrected chi connectivity index (χ0v) is 18.4. The van der Waals surface area contributed by atoms with Crippen LogP contribution >= 0.6 is 11.6 Å². The van der Waals surface area contributed by atoms with Gasteiger partial charge in [0.05, 0.1) is 27.8 Å². The first-order chi connectivity index (χ1) is 15.8. The lowest BCUT2D eigenvalue weighted by atomic mass is 10.2. The van der Waals surface area contributed by atoms with Crippen molar-refractivity contribution in [1.82, 2.24) is 24.5 Å². The molecule has 0 unspecified atom stereocenters. The minimum absolute atomic E-state index is 0.0116. The van der Waals surface area contributed by atoms with Gasteiger partial charge in [-0.05, 0) is 30.7 Å². The Balaban J connectivity index is 0.000000235. The Morgan fingerprint density at radius 3 is 2.33 bits per heavy atom. The lowest BCUT2D eigenvalue weighted by molar-refractivity contribution is 0.773. The van der Waals surface area contributed by atoms with Gasteiger partial charge in [-0.25, -0.2) is 9.97 Å². The second kappa shape index (κ2) is 9.80. The number of nitrogens with two attached hydrogens (primary N) is 4. The summed E-state index contributed by atoms with van der Waals surface area (Å²) in [6.45, 7) is 2.04. The van der Waals surface area contributed by atoms with Crippen LogP contribution in [0.15, 0.2) is 41.3 Å². The first-order valence-corrected chi connectivity index (χ1v) is 10.1. The molecule has 0 aliphatic rings. The van der Waals surface area contributed by atoms with Gasteiger partial charge in [-0.2, -0.15) is 15.2 Å². The Kier molecular flexibility index (Phi) is 6.90. The van der Waals surface area contributed by atoms with Crippen LogP contribution in [0, 0.1) is 11.3 Å². The number of nitriles is 1. The molecular formula is C21H21ClN10O. The largest absolute Gasteiger partial charge is 0.384 e. The molecule has 11 nitrogen and oxygen atoms in total. The molecule has 0 fully saturated rings. The van der Waals surface area contributed by atoms with Crippen LogP contribution in [0.5, 0.6) is 0 Å². The summed E-state index contributed by atoms with van der Waals surface area (Å²) in [4.78, 5) is 28.7. The van der Waals surface area contributed by atoms with Gasteiger partial charge in [-0.15, -0.1) is 0 Å². The standard InChI is InChI=1S/C16H15ClN4O.C5H6N6/c1-2-4-14-20-12-6-3-5-11(17)15(12)16(22)21(14)10-7-8-13(18)19-9-10;6-1-2-3(7)10-5(9)11-4(2)8/h3,5-9H,2,4H2,1H3,(H2,18,19);(H6,7,8,9,10,11). The van der Waals surface area contributed by atoms with Crippen LogP contribution in [0.1, 0.15) is 24.7 Å². The highest BCUT2D eigenvalue weighted by Gasteiger charge is 2.14. The number of hydrogen-bond donors (Lipinski definition) is 4. The number of rotatable bonds is 3. The first-order valence-electron chi connectivity index (χ1n) is 9.77. The van der Waals surface area contributed by atoms with Crippen molar-refractivity contribution in [3.8, 4) is 11.8 Å². The number of aryl methyl sites for hydroxylation is 1. The van der Waals surface area contributed by atoms with Crippen LogP contribution in [0.4, 0.5) is 23.4 Å². The van der Waals surface area contributed by atoms with Crippen LogP contribution in [0.25, 0.3) is 16.6 Å². The molecule has 0 saturated carbocycles. The predicted molar refractivity (Wildman–Crippen MR) is 129 cm³/mol. The molecule has 0 aliphatic carbocycles. The molecule has 3 aromatic heterocycles. The second-order valence-corrected chi connectivity index (χ2v) is 7.24. The average Bonchev–Trinajstić information content (AvgIpc) is 2.75. The van der Waals surface area contributed by atoms with E-state index in [-0.39, 0.29) is 28.7 Å². The summed E-state index contributed by atoms with van der Waals surface area (Å²) < 4.78 is 1.56. The summed E-state index contributed by atoms with van der Waals surface area (Å²) in [5.74, 6) is 1.09. The van der Waals surface area contributed by atoms with Crippen molar-refractivity contribution in [3.05, 3.63) is 63.3 Å². The molecule has 3 heterocycles. The molecular weight excluding hydrogens is 444 g/mol. The zero-order chi connectivity index (χ0) is 24.1. The molecule has 33 heavy (non-hydrogen) atoms. The van der Waals surface area contributed by atoms with Crippen LogP contribution < -0.4 is 28.5 Å². The number of nitrogen functional groups attached to an aromatic ring is 4. The highest BCUT2D eigenvalue weighted by molar-refractivity contribution is 6.35. The molecule has 0 amide bonds. The molecule has 12 heteroatoms. The third-order valence-corrected chi connectivity index (χ3v) is 4.83. The minimum Gasteiger partial charge on any atom is -0.384 e. The molecule has 4 rings (SSSR count). The van der Waals surface area contributed by atoms with E-state index in [0.29, 0.717) is 39.7 Å². The number of hydrogen-bond acceptors (Lipinski definition) is 10. The number of pyridine rings is 1. The van der Waals surface area contributed by atoms with Crippen molar-refractivity contribution in [2.45, 2.75) is 19.8 Å². The summed E-state index contributed by atoms with van der Waals surface area (Å²) in [6.07, 6.45) is 3.13. The molecule has 0 atom stereocenters. The second-order valence-electron chi connectivity index (χ2n) is 6.83. The van der Waals surface area contributed by atoms with Gasteiger partial charge in [0.15, 0.2) is 0 Å². The van der Waals surface area contributed by atoms with E-state index in [1.54, 1.807) is 47.2 Å². The number of halogens is 1. The van der Waals surface area contributed by atoms with Gasteiger partial charge in [0.25, 0.3) is 5.56 Å². The summed E-state index contributed by atoms with van der Waals surface area (Å²) in [5, 5.41) is 9.28. The Hall–Kier alpha value is -4.43. The number of nitrogens with zero attached hydrogens (tertiary/aromatic N) is 6. The Morgan fingerprint density at radius 2 is 1.76 bits per heavy atom. The van der Waals surface area contributed by atoms with E-state index < -0.39 is 0 Å². The van der Waals surface area contributed by atoms with Gasteiger partial charge in [-0.1, -0.05) is 24.6 Å². The molecule has 168 valence electrons. The van der Waals surface area contributed by atoms with Gasteiger partial charge in [-0.3, -0.25) is 9.36 Å². The van der Waals surface area contributed by atoms with E-state index in [1.165, 1.54) is 0 Å². The molecule has 0 spiro atoms. The Labute approximate surface area is 193 Å². The third-order valence-electron chi connectivity index (χ3n) is 4.51. The first kappa shape index (κ1) is 23.2. The fourth-order valence-electron chi connectivity index (χ4n) is 3.05. The van der Waals surface area contributed by atoms with Crippen molar-refractivity contribution in [2.24, 2.45) is 0 Å². The van der Waals surface area contributed by atoms with Crippen molar-refractivity contribution in [1.29, 1.82) is 5.26 Å². The van der Waals surface area contributed by atoms with Crippen LogP contribution in [-0.2, 0) is 6.42 Å². The topological polar surface area (TPSA) is 201 Å². The molecule has 8 N–H and O–H groups in total. The summed E-state index contributed by atoms with van der Waals surface area (Å²) in [6, 6.07) is 10.5. The number of aromatic nitrogens is 5. The molecule has 0 aliphatic heterocycles. The minimum atomic E-state index is -0.189. The van der Waals surface area contributed by atoms with Crippen molar-refractivity contribution < 1.29 is 0 Å². The quantitative estimate of drug-likeness (QED) is 0.347. The van der Waals surface area contributed by atoms with Crippen molar-refractivity contribution in [2.75, 3.05) is 22.9 Å². The van der Waals surface area contributed by atoms with E-state index in [4.69, 9.17) is 39.8 Å². The van der Waals surface area contributed by atoms with Gasteiger partial charge >= 0.3 is 0 Å². The van der Waals surface area contributed by atoms with Gasteiger partial charge in [0.1, 0.15) is 34.9 Å². The Morgan fingerprint density at radius 1 is 1.06 bits per heavy atom. The van der Waals surface area contributed by atoms with Gasteiger partial charge in [0, 0.05) is 6.42 Å². The maximum Gasteiger partial charge on any atom is 0.267 e. The number of anilines is 4. The van der Waals surface area contributed by atoms with Crippen LogP contribution in [0.2, 0.25) is 5.02 Å². The molecule has 4 aromatic rings. The monoisotopic (exact) mass is 464 g/mol. The summed E-state index contributed by atoms with van der Waals surface area (Å²) in [5.41, 5.74) is 22.5. The van der Waals surface area contributed by atoms with Crippen LogP contribution in [-0.4, -0.2) is 24.5 Å². The third kappa shape index (κ3) is 4.91. The lowest BCUT2D eigenvalue weighted by Gasteiger charge is -2.13. The summed E-state index contributed by atoms with van der Waals surface area (Å²) in [7, 11) is 0. The highest BCUT2D eigenvalue weighted by Crippen LogP contribution is 2.21. The SMILES string of the molecule is CCCc1nc2cccc(Cl)c2c(=O)n1-c1ccc(N)nc1.N#Cc1c(N)nc(N)nc1N. The van der Waals surface area contributed by atoms with Crippen molar-refractivity contribution >= 4 is 45.9 Å². The molecule has 0 bridgehead atoms. The van der Waals surface area contributed by atoms with Gasteiger partial charge in [0.2, 0.25) is 5.95 Å². The van der Waals surface area contributed by atoms with E-state index >= 15 is 0 Å². The molecule has 1 aromatic carbocycles.